The number of amides is 2. The number of rotatable bonds is 3. The number of hydrogen-bond donors (Lipinski definition) is 1. The Kier molecular flexibility index (Phi) is 4.38. The second-order valence-electron chi connectivity index (χ2n) is 7.21. The molecule has 1 atom stereocenters. The molecule has 2 aromatic heterocycles. The zero-order chi connectivity index (χ0) is 19.1. The van der Waals surface area contributed by atoms with Gasteiger partial charge in [0.2, 0.25) is 11.6 Å². The van der Waals surface area contributed by atoms with E-state index in [0.717, 1.165) is 18.9 Å². The zero-order valence-electron chi connectivity index (χ0n) is 15.7. The lowest BCUT2D eigenvalue weighted by Crippen LogP contribution is -2.54. The first-order valence-corrected chi connectivity index (χ1v) is 9.07. The number of piperazine rings is 1. The highest BCUT2D eigenvalue weighted by molar-refractivity contribution is 5.91. The molecule has 0 aromatic carbocycles. The molecule has 27 heavy (non-hydrogen) atoms. The van der Waals surface area contributed by atoms with Crippen LogP contribution in [0.3, 0.4) is 0 Å². The number of nitrogens with one attached hydrogen (secondary N) is 1. The highest BCUT2D eigenvalue weighted by Gasteiger charge is 2.38. The van der Waals surface area contributed by atoms with Gasteiger partial charge in [-0.3, -0.25) is 19.2 Å². The third-order valence-corrected chi connectivity index (χ3v) is 4.88. The van der Waals surface area contributed by atoms with Crippen LogP contribution >= 0.6 is 0 Å². The summed E-state index contributed by atoms with van der Waals surface area (Å²) < 4.78 is 3.38. The molecule has 1 saturated heterocycles. The topological polar surface area (TPSA) is 114 Å². The van der Waals surface area contributed by atoms with Crippen LogP contribution in [0.1, 0.15) is 47.0 Å². The van der Waals surface area contributed by atoms with Crippen molar-refractivity contribution in [3.63, 3.8) is 0 Å². The van der Waals surface area contributed by atoms with Gasteiger partial charge in [0.25, 0.3) is 11.8 Å². The number of carbonyl (C=O) groups is 2. The van der Waals surface area contributed by atoms with Gasteiger partial charge in [0.05, 0.1) is 6.04 Å². The first kappa shape index (κ1) is 17.6. The molecule has 11 heteroatoms. The summed E-state index contributed by atoms with van der Waals surface area (Å²) in [5.41, 5.74) is 0. The minimum absolute atomic E-state index is 0.0270. The molecule has 0 aliphatic carbocycles. The normalized spacial score (nSPS) is 19.7. The van der Waals surface area contributed by atoms with Crippen LogP contribution < -0.4 is 5.32 Å². The van der Waals surface area contributed by atoms with Gasteiger partial charge in [0.15, 0.2) is 5.82 Å². The van der Waals surface area contributed by atoms with Crippen molar-refractivity contribution in [1.82, 2.24) is 44.6 Å². The van der Waals surface area contributed by atoms with E-state index >= 15 is 0 Å². The molecule has 144 valence electrons. The molecule has 1 N–H and O–H groups in total. The number of fused-ring (bicyclic) bond motifs is 3. The molecule has 4 heterocycles. The molecule has 0 saturated carbocycles. The van der Waals surface area contributed by atoms with Crippen LogP contribution in [-0.2, 0) is 13.6 Å². The highest BCUT2D eigenvalue weighted by Crippen LogP contribution is 2.28. The summed E-state index contributed by atoms with van der Waals surface area (Å²) >= 11 is 0. The number of aryl methyl sites for hydroxylation is 1. The van der Waals surface area contributed by atoms with Gasteiger partial charge in [-0.1, -0.05) is 0 Å². The van der Waals surface area contributed by atoms with Crippen molar-refractivity contribution < 1.29 is 9.59 Å². The maximum Gasteiger partial charge on any atom is 0.293 e. The van der Waals surface area contributed by atoms with E-state index in [1.54, 1.807) is 11.9 Å². The van der Waals surface area contributed by atoms with Crippen molar-refractivity contribution in [2.75, 3.05) is 26.2 Å². The number of nitrogens with zero attached hydrogens (tertiary/aromatic N) is 8. The molecule has 11 nitrogen and oxygen atoms in total. The van der Waals surface area contributed by atoms with Gasteiger partial charge in [-0.25, -0.2) is 4.98 Å². The summed E-state index contributed by atoms with van der Waals surface area (Å²) in [6.45, 7) is 7.09. The van der Waals surface area contributed by atoms with Gasteiger partial charge in [-0.15, -0.1) is 15.3 Å². The molecule has 2 amide bonds. The van der Waals surface area contributed by atoms with Crippen molar-refractivity contribution in [1.29, 1.82) is 0 Å². The summed E-state index contributed by atoms with van der Waals surface area (Å²) in [4.78, 5) is 33.2. The van der Waals surface area contributed by atoms with E-state index in [2.05, 4.69) is 30.5 Å². The fourth-order valence-electron chi connectivity index (χ4n) is 3.60. The largest absolute Gasteiger partial charge is 0.347 e. The van der Waals surface area contributed by atoms with Crippen LogP contribution in [0.25, 0.3) is 0 Å². The van der Waals surface area contributed by atoms with E-state index in [4.69, 9.17) is 0 Å². The number of carbonyl (C=O) groups excluding carboxylic acids is 2. The summed E-state index contributed by atoms with van der Waals surface area (Å²) in [5.74, 6) is 0.832. The Morgan fingerprint density at radius 1 is 1.19 bits per heavy atom. The summed E-state index contributed by atoms with van der Waals surface area (Å²) in [6, 6.07) is -0.0625. The van der Waals surface area contributed by atoms with E-state index < -0.39 is 0 Å². The minimum Gasteiger partial charge on any atom is -0.347 e. The maximum atomic E-state index is 12.7. The lowest BCUT2D eigenvalue weighted by Gasteiger charge is -2.43. The van der Waals surface area contributed by atoms with Crippen molar-refractivity contribution in [2.45, 2.75) is 32.5 Å². The number of aromatic nitrogens is 6. The van der Waals surface area contributed by atoms with Gasteiger partial charge >= 0.3 is 0 Å². The molecule has 0 spiro atoms. The number of hydrogen-bond acceptors (Lipinski definition) is 7. The van der Waals surface area contributed by atoms with E-state index in [0.29, 0.717) is 25.5 Å². The van der Waals surface area contributed by atoms with E-state index in [-0.39, 0.29) is 29.7 Å². The molecule has 4 rings (SSSR count). The Balaban J connectivity index is 1.56. The van der Waals surface area contributed by atoms with Crippen LogP contribution in [0.5, 0.6) is 0 Å². The van der Waals surface area contributed by atoms with Crippen LogP contribution in [-0.4, -0.2) is 83.4 Å². The Hall–Kier alpha value is -2.82. The van der Waals surface area contributed by atoms with Crippen molar-refractivity contribution >= 4 is 11.8 Å². The average molecular weight is 373 g/mol. The monoisotopic (exact) mass is 373 g/mol. The first-order chi connectivity index (χ1) is 12.9. The average Bonchev–Trinajstić information content (AvgIpc) is 3.26. The summed E-state index contributed by atoms with van der Waals surface area (Å²) in [6.07, 6.45) is 1.51. The quantitative estimate of drug-likeness (QED) is 0.738. The fraction of sp³-hybridized carbons (Fsp3) is 0.625. The van der Waals surface area contributed by atoms with Crippen molar-refractivity contribution in [3.05, 3.63) is 23.8 Å². The molecule has 2 aliphatic heterocycles. The summed E-state index contributed by atoms with van der Waals surface area (Å²) in [5, 5.41) is 15.4. The molecule has 2 aliphatic rings. The van der Waals surface area contributed by atoms with Crippen LogP contribution in [0.15, 0.2) is 6.33 Å². The Morgan fingerprint density at radius 2 is 1.96 bits per heavy atom. The lowest BCUT2D eigenvalue weighted by atomic mass is 10.1. The summed E-state index contributed by atoms with van der Waals surface area (Å²) in [7, 11) is 1.73. The molecule has 0 bridgehead atoms. The van der Waals surface area contributed by atoms with Gasteiger partial charge in [0, 0.05) is 45.8 Å². The highest BCUT2D eigenvalue weighted by atomic mass is 16.2. The Bertz CT molecular complexity index is 871. The van der Waals surface area contributed by atoms with Crippen molar-refractivity contribution in [3.8, 4) is 0 Å². The molecule has 2 aromatic rings. The molecular weight excluding hydrogens is 350 g/mol. The zero-order valence-corrected chi connectivity index (χ0v) is 15.7. The fourth-order valence-corrected chi connectivity index (χ4v) is 3.60. The SMILES string of the molecule is CC(C)NC(=O)c1nnc2n1CCN1CCN(C(=O)c3ncn(C)n3)C[C@@H]21. The third kappa shape index (κ3) is 3.18. The maximum absolute atomic E-state index is 12.7. The van der Waals surface area contributed by atoms with Crippen molar-refractivity contribution in [2.24, 2.45) is 7.05 Å². The molecule has 1 fully saturated rings. The van der Waals surface area contributed by atoms with Gasteiger partial charge in [-0.05, 0) is 13.8 Å². The third-order valence-electron chi connectivity index (χ3n) is 4.88. The molecule has 0 unspecified atom stereocenters. The van der Waals surface area contributed by atoms with Gasteiger partial charge in [-0.2, -0.15) is 0 Å². The predicted molar refractivity (Wildman–Crippen MR) is 93.8 cm³/mol. The Morgan fingerprint density at radius 3 is 2.67 bits per heavy atom. The van der Waals surface area contributed by atoms with E-state index in [1.807, 2.05) is 18.4 Å². The lowest BCUT2D eigenvalue weighted by molar-refractivity contribution is 0.0364. The minimum atomic E-state index is -0.223. The second kappa shape index (κ2) is 6.72. The standard InChI is InChI=1S/C16H23N9O2/c1-10(2)18-15(26)14-20-19-13-11-8-24(5-4-23(11)6-7-25(13)14)16(27)12-17-9-22(3)21-12/h9-11H,4-8H2,1-3H3,(H,18,26)/t11-/m0/s1. The Labute approximate surface area is 156 Å². The van der Waals surface area contributed by atoms with Crippen LogP contribution in [0.4, 0.5) is 0 Å². The molecular formula is C16H23N9O2. The van der Waals surface area contributed by atoms with Crippen LogP contribution in [0.2, 0.25) is 0 Å². The predicted octanol–water partition coefficient (Wildman–Crippen LogP) is -0.942. The van der Waals surface area contributed by atoms with E-state index in [9.17, 15) is 9.59 Å². The van der Waals surface area contributed by atoms with Crippen LogP contribution in [0, 0.1) is 0 Å². The second-order valence-corrected chi connectivity index (χ2v) is 7.21. The first-order valence-electron chi connectivity index (χ1n) is 9.07. The van der Waals surface area contributed by atoms with E-state index in [1.165, 1.54) is 11.0 Å². The smallest absolute Gasteiger partial charge is 0.293 e. The molecule has 0 radical (unpaired) electrons. The van der Waals surface area contributed by atoms with Gasteiger partial charge in [0.1, 0.15) is 6.33 Å². The van der Waals surface area contributed by atoms with Gasteiger partial charge < -0.3 is 14.8 Å².